The number of methoxy groups -OCH3 is 1. The maximum atomic E-state index is 12.2. The van der Waals surface area contributed by atoms with E-state index in [1.807, 2.05) is 50.2 Å². The van der Waals surface area contributed by atoms with Crippen LogP contribution in [0, 0.1) is 13.8 Å². The van der Waals surface area contributed by atoms with Crippen LogP contribution in [0.3, 0.4) is 0 Å². The standard InChI is InChI=1S/C21H26N2O4/c1-15-5-6-17(13-16(15)2)21(25)22-14-20(24)23(3)11-12-27-19-9-7-18(26-4)8-10-19/h5-10,13H,11-12,14H2,1-4H3,(H,22,25). The van der Waals surface area contributed by atoms with E-state index in [0.29, 0.717) is 24.5 Å². The Labute approximate surface area is 160 Å². The molecule has 0 heterocycles. The molecule has 2 aromatic carbocycles. The van der Waals surface area contributed by atoms with Crippen LogP contribution in [0.1, 0.15) is 21.5 Å². The first-order chi connectivity index (χ1) is 12.9. The van der Waals surface area contributed by atoms with Crippen molar-refractivity contribution in [3.05, 3.63) is 59.2 Å². The molecule has 2 amide bonds. The van der Waals surface area contributed by atoms with Gasteiger partial charge in [-0.05, 0) is 61.4 Å². The van der Waals surface area contributed by atoms with E-state index in [1.54, 1.807) is 20.2 Å². The largest absolute Gasteiger partial charge is 0.497 e. The van der Waals surface area contributed by atoms with Gasteiger partial charge in [-0.25, -0.2) is 0 Å². The maximum absolute atomic E-state index is 12.2. The molecule has 0 aromatic heterocycles. The Hall–Kier alpha value is -3.02. The number of benzene rings is 2. The summed E-state index contributed by atoms with van der Waals surface area (Å²) in [5, 5.41) is 2.66. The lowest BCUT2D eigenvalue weighted by molar-refractivity contribution is -0.129. The van der Waals surface area contributed by atoms with Crippen molar-refractivity contribution in [1.82, 2.24) is 10.2 Å². The van der Waals surface area contributed by atoms with Gasteiger partial charge < -0.3 is 19.7 Å². The molecular weight excluding hydrogens is 344 g/mol. The molecule has 2 aromatic rings. The summed E-state index contributed by atoms with van der Waals surface area (Å²) in [6.45, 7) is 4.67. The van der Waals surface area contributed by atoms with Crippen LogP contribution < -0.4 is 14.8 Å². The van der Waals surface area contributed by atoms with Crippen LogP contribution in [0.5, 0.6) is 11.5 Å². The molecule has 6 heteroatoms. The van der Waals surface area contributed by atoms with Crippen molar-refractivity contribution < 1.29 is 19.1 Å². The Morgan fingerprint density at radius 2 is 1.67 bits per heavy atom. The second-order valence-corrected chi connectivity index (χ2v) is 6.32. The molecular formula is C21H26N2O4. The fraction of sp³-hybridized carbons (Fsp3) is 0.333. The molecule has 0 fully saturated rings. The van der Waals surface area contributed by atoms with Crippen molar-refractivity contribution in [1.29, 1.82) is 0 Å². The smallest absolute Gasteiger partial charge is 0.251 e. The van der Waals surface area contributed by atoms with Crippen LogP contribution in [-0.4, -0.2) is 50.6 Å². The van der Waals surface area contributed by atoms with Gasteiger partial charge in [0.2, 0.25) is 5.91 Å². The average molecular weight is 370 g/mol. The Morgan fingerprint density at radius 3 is 2.30 bits per heavy atom. The highest BCUT2D eigenvalue weighted by Crippen LogP contribution is 2.16. The van der Waals surface area contributed by atoms with Crippen molar-refractivity contribution >= 4 is 11.8 Å². The minimum absolute atomic E-state index is 0.0508. The monoisotopic (exact) mass is 370 g/mol. The zero-order chi connectivity index (χ0) is 19.8. The summed E-state index contributed by atoms with van der Waals surface area (Å²) in [4.78, 5) is 25.9. The Morgan fingerprint density at radius 1 is 1.00 bits per heavy atom. The molecule has 0 bridgehead atoms. The molecule has 0 aliphatic carbocycles. The van der Waals surface area contributed by atoms with Gasteiger partial charge in [0, 0.05) is 12.6 Å². The van der Waals surface area contributed by atoms with E-state index in [0.717, 1.165) is 16.9 Å². The number of nitrogens with one attached hydrogen (secondary N) is 1. The quantitative estimate of drug-likeness (QED) is 0.776. The average Bonchev–Trinajstić information content (AvgIpc) is 2.68. The number of hydrogen-bond donors (Lipinski definition) is 1. The number of nitrogens with zero attached hydrogens (tertiary/aromatic N) is 1. The first kappa shape index (κ1) is 20.3. The molecule has 0 unspecified atom stereocenters. The molecule has 2 rings (SSSR count). The van der Waals surface area contributed by atoms with Crippen molar-refractivity contribution in [2.45, 2.75) is 13.8 Å². The number of carbonyl (C=O) groups excluding carboxylic acids is 2. The van der Waals surface area contributed by atoms with E-state index in [9.17, 15) is 9.59 Å². The topological polar surface area (TPSA) is 67.9 Å². The molecule has 0 spiro atoms. The SMILES string of the molecule is COc1ccc(OCCN(C)C(=O)CNC(=O)c2ccc(C)c(C)c2)cc1. The lowest BCUT2D eigenvalue weighted by Crippen LogP contribution is -2.39. The van der Waals surface area contributed by atoms with E-state index < -0.39 is 0 Å². The normalized spacial score (nSPS) is 10.2. The molecule has 6 nitrogen and oxygen atoms in total. The van der Waals surface area contributed by atoms with Gasteiger partial charge in [0.15, 0.2) is 0 Å². The Kier molecular flexibility index (Phi) is 7.23. The molecule has 1 N–H and O–H groups in total. The van der Waals surface area contributed by atoms with Gasteiger partial charge in [0.05, 0.1) is 20.2 Å². The van der Waals surface area contributed by atoms with E-state index in [1.165, 1.54) is 4.90 Å². The lowest BCUT2D eigenvalue weighted by atomic mass is 10.1. The molecule has 0 atom stereocenters. The number of hydrogen-bond acceptors (Lipinski definition) is 4. The third kappa shape index (κ3) is 6.02. The second-order valence-electron chi connectivity index (χ2n) is 6.32. The highest BCUT2D eigenvalue weighted by Gasteiger charge is 2.12. The zero-order valence-electron chi connectivity index (χ0n) is 16.2. The van der Waals surface area contributed by atoms with Gasteiger partial charge in [-0.1, -0.05) is 6.07 Å². The number of carbonyl (C=O) groups is 2. The fourth-order valence-corrected chi connectivity index (χ4v) is 2.37. The highest BCUT2D eigenvalue weighted by molar-refractivity contribution is 5.96. The van der Waals surface area contributed by atoms with Crippen LogP contribution in [0.2, 0.25) is 0 Å². The van der Waals surface area contributed by atoms with Crippen molar-refractivity contribution in [3.63, 3.8) is 0 Å². The molecule has 27 heavy (non-hydrogen) atoms. The lowest BCUT2D eigenvalue weighted by Gasteiger charge is -2.18. The van der Waals surface area contributed by atoms with E-state index in [2.05, 4.69) is 5.32 Å². The summed E-state index contributed by atoms with van der Waals surface area (Å²) in [5.74, 6) is 1.04. The van der Waals surface area contributed by atoms with Gasteiger partial charge in [-0.15, -0.1) is 0 Å². The zero-order valence-corrected chi connectivity index (χ0v) is 16.2. The summed E-state index contributed by atoms with van der Waals surface area (Å²) < 4.78 is 10.7. The van der Waals surface area contributed by atoms with Crippen molar-refractivity contribution in [2.24, 2.45) is 0 Å². The van der Waals surface area contributed by atoms with E-state index in [4.69, 9.17) is 9.47 Å². The van der Waals surface area contributed by atoms with Crippen LogP contribution in [0.25, 0.3) is 0 Å². The Balaban J connectivity index is 1.74. The molecule has 0 saturated carbocycles. The molecule has 144 valence electrons. The van der Waals surface area contributed by atoms with Gasteiger partial charge in [0.25, 0.3) is 5.91 Å². The van der Waals surface area contributed by atoms with Crippen LogP contribution >= 0.6 is 0 Å². The second kappa shape index (κ2) is 9.62. The van der Waals surface area contributed by atoms with Gasteiger partial charge in [-0.3, -0.25) is 9.59 Å². The molecule has 0 aliphatic rings. The predicted octanol–water partition coefficient (Wildman–Crippen LogP) is 2.58. The summed E-state index contributed by atoms with van der Waals surface area (Å²) in [6.07, 6.45) is 0. The molecule has 0 saturated heterocycles. The predicted molar refractivity (Wildman–Crippen MR) is 104 cm³/mol. The van der Waals surface area contributed by atoms with Gasteiger partial charge in [-0.2, -0.15) is 0 Å². The summed E-state index contributed by atoms with van der Waals surface area (Å²) in [6, 6.07) is 12.7. The van der Waals surface area contributed by atoms with Gasteiger partial charge in [0.1, 0.15) is 18.1 Å². The van der Waals surface area contributed by atoms with Crippen molar-refractivity contribution in [2.75, 3.05) is 33.9 Å². The number of aryl methyl sites for hydroxylation is 2. The maximum Gasteiger partial charge on any atom is 0.251 e. The number of amides is 2. The molecule has 0 radical (unpaired) electrons. The van der Waals surface area contributed by atoms with E-state index in [-0.39, 0.29) is 18.4 Å². The van der Waals surface area contributed by atoms with Crippen molar-refractivity contribution in [3.8, 4) is 11.5 Å². The highest BCUT2D eigenvalue weighted by atomic mass is 16.5. The third-order valence-corrected chi connectivity index (χ3v) is 4.35. The third-order valence-electron chi connectivity index (χ3n) is 4.35. The first-order valence-electron chi connectivity index (χ1n) is 8.77. The number of ether oxygens (including phenoxy) is 2. The molecule has 0 aliphatic heterocycles. The van der Waals surface area contributed by atoms with Gasteiger partial charge >= 0.3 is 0 Å². The summed E-state index contributed by atoms with van der Waals surface area (Å²) >= 11 is 0. The minimum Gasteiger partial charge on any atom is -0.497 e. The van der Waals surface area contributed by atoms with Crippen LogP contribution in [-0.2, 0) is 4.79 Å². The Bertz CT molecular complexity index is 787. The van der Waals surface area contributed by atoms with Crippen LogP contribution in [0.15, 0.2) is 42.5 Å². The number of likely N-dealkylation sites (N-methyl/N-ethyl adjacent to an activating group) is 1. The minimum atomic E-state index is -0.255. The van der Waals surface area contributed by atoms with Crippen LogP contribution in [0.4, 0.5) is 0 Å². The summed E-state index contributed by atoms with van der Waals surface area (Å²) in [5.41, 5.74) is 2.72. The summed E-state index contributed by atoms with van der Waals surface area (Å²) in [7, 11) is 3.29. The number of rotatable bonds is 8. The fourth-order valence-electron chi connectivity index (χ4n) is 2.37. The van der Waals surface area contributed by atoms with E-state index >= 15 is 0 Å². The first-order valence-corrected chi connectivity index (χ1v) is 8.77.